The number of benzene rings is 6. The molecule has 0 saturated carbocycles. The first kappa shape index (κ1) is 41.0. The molecule has 4 nitrogen and oxygen atoms in total. The van der Waals surface area contributed by atoms with Gasteiger partial charge >= 0.3 is 0 Å². The van der Waals surface area contributed by atoms with E-state index in [1.807, 2.05) is 60.7 Å². The third-order valence-electron chi connectivity index (χ3n) is 11.4. The topological polar surface area (TPSA) is 21.8 Å². The Hall–Kier alpha value is -8.34. The molecule has 1 atom stereocenters. The van der Waals surface area contributed by atoms with Crippen LogP contribution in [0.3, 0.4) is 0 Å². The van der Waals surface area contributed by atoms with Gasteiger partial charge in [0.15, 0.2) is 0 Å². The van der Waals surface area contributed by atoms with Crippen molar-refractivity contribution in [3.05, 3.63) is 291 Å². The third-order valence-corrected chi connectivity index (χ3v) is 11.4. The Bertz CT molecular complexity index is 2930. The highest BCUT2D eigenvalue weighted by Crippen LogP contribution is 2.41. The van der Waals surface area contributed by atoms with Gasteiger partial charge in [0.1, 0.15) is 0 Å². The minimum absolute atomic E-state index is 0.361. The number of hydrogen-bond donors (Lipinski definition) is 1. The van der Waals surface area contributed by atoms with Crippen molar-refractivity contribution >= 4 is 56.3 Å². The van der Waals surface area contributed by atoms with Crippen LogP contribution in [0.1, 0.15) is 6.42 Å². The number of nitrogens with zero attached hydrogens (tertiary/aromatic N) is 3. The first-order valence-corrected chi connectivity index (χ1v) is 21.8. The van der Waals surface area contributed by atoms with Gasteiger partial charge in [-0.05, 0) is 144 Å². The van der Waals surface area contributed by atoms with Gasteiger partial charge in [-0.3, -0.25) is 0 Å². The first-order valence-electron chi connectivity index (χ1n) is 21.8. The Morgan fingerprint density at radius 2 is 1.02 bits per heavy atom. The SMILES string of the molecule is C=C/C(=C\C=C\N(c1ccc(N(C2=CC=C3C=CC=CC3C2)c2ccccc2)cc1)c1ccc(N(c2ccccc2)c2ccc3ccccc3c2)cc1)Nc1ccccccccc1. The van der Waals surface area contributed by atoms with Crippen LogP contribution in [-0.2, 0) is 0 Å². The second-order valence-electron chi connectivity index (χ2n) is 15.6. The highest BCUT2D eigenvalue weighted by Gasteiger charge is 2.23. The molecule has 0 fully saturated rings. The molecule has 7 aromatic carbocycles. The Labute approximate surface area is 377 Å². The zero-order valence-corrected chi connectivity index (χ0v) is 35.7. The average molecular weight is 827 g/mol. The van der Waals surface area contributed by atoms with Gasteiger partial charge in [0.25, 0.3) is 0 Å². The smallest absolute Gasteiger partial charge is 0.0468 e. The Kier molecular flexibility index (Phi) is 12.8. The Morgan fingerprint density at radius 3 is 1.67 bits per heavy atom. The van der Waals surface area contributed by atoms with E-state index in [9.17, 15) is 0 Å². The van der Waals surface area contributed by atoms with Crippen molar-refractivity contribution < 1.29 is 0 Å². The van der Waals surface area contributed by atoms with E-state index in [0.29, 0.717) is 5.92 Å². The number of allylic oxidation sites excluding steroid dienone is 11. The molecule has 2 aliphatic carbocycles. The van der Waals surface area contributed by atoms with Gasteiger partial charge in [-0.15, -0.1) is 0 Å². The lowest BCUT2D eigenvalue weighted by Gasteiger charge is -2.33. The van der Waals surface area contributed by atoms with Crippen molar-refractivity contribution in [2.75, 3.05) is 20.0 Å². The summed E-state index contributed by atoms with van der Waals surface area (Å²) in [6, 6.07) is 72.3. The maximum atomic E-state index is 4.12. The van der Waals surface area contributed by atoms with E-state index in [1.165, 1.54) is 22.0 Å². The molecule has 64 heavy (non-hydrogen) atoms. The standard InChI is InChI=1S/C60H50N4/c1-2-51(61-52-25-10-6-4-3-5-7-11-26-52)27-20-44-62(53-36-40-57(41-37-53)63(55-28-12-8-13-29-55)59-34-32-47-21-16-18-23-49(47)45-59)54-38-42-58(43-39-54)64(56-30-14-9-15-31-56)60-35-33-48-22-17-19-24-50(48)46-60/h2-45,50,61H,1,46H2/b4-3?,5-3?,6-4?,7-5?,10-6?,11-7?,25-10?,26-11?,44-20+,51-27+,52-25?,52-26?. The fraction of sp³-hybridized carbons (Fsp3) is 0.0333. The number of anilines is 8. The molecule has 7 aromatic rings. The van der Waals surface area contributed by atoms with E-state index in [2.05, 4.69) is 233 Å². The maximum absolute atomic E-state index is 4.12. The predicted molar refractivity (Wildman–Crippen MR) is 273 cm³/mol. The fourth-order valence-corrected chi connectivity index (χ4v) is 8.20. The third kappa shape index (κ3) is 9.73. The molecule has 310 valence electrons. The molecular formula is C60H50N4. The van der Waals surface area contributed by atoms with Crippen LogP contribution in [-0.4, -0.2) is 0 Å². The summed E-state index contributed by atoms with van der Waals surface area (Å²) >= 11 is 0. The Balaban J connectivity index is 1.08. The van der Waals surface area contributed by atoms with Crippen LogP contribution < -0.4 is 20.0 Å². The quantitative estimate of drug-likeness (QED) is 0.117. The summed E-state index contributed by atoms with van der Waals surface area (Å²) < 4.78 is 0. The maximum Gasteiger partial charge on any atom is 0.0468 e. The minimum Gasteiger partial charge on any atom is -0.356 e. The summed E-state index contributed by atoms with van der Waals surface area (Å²) in [4.78, 5) is 6.93. The minimum atomic E-state index is 0.361. The van der Waals surface area contributed by atoms with Crippen molar-refractivity contribution in [1.82, 2.24) is 0 Å². The van der Waals surface area contributed by atoms with Gasteiger partial charge in [-0.1, -0.05) is 146 Å². The van der Waals surface area contributed by atoms with Crippen molar-refractivity contribution in [3.8, 4) is 0 Å². The number of hydrogen-bond acceptors (Lipinski definition) is 4. The normalized spacial score (nSPS) is 14.2. The molecule has 0 saturated heterocycles. The van der Waals surface area contributed by atoms with E-state index in [-0.39, 0.29) is 0 Å². The van der Waals surface area contributed by atoms with Gasteiger partial charge in [0, 0.05) is 69.0 Å². The van der Waals surface area contributed by atoms with Gasteiger partial charge in [-0.2, -0.15) is 0 Å². The van der Waals surface area contributed by atoms with Crippen LogP contribution >= 0.6 is 0 Å². The van der Waals surface area contributed by atoms with E-state index in [0.717, 1.165) is 57.6 Å². The summed E-state index contributed by atoms with van der Waals surface area (Å²) in [6.07, 6.45) is 22.4. The molecule has 2 aliphatic rings. The molecule has 0 radical (unpaired) electrons. The largest absolute Gasteiger partial charge is 0.356 e. The van der Waals surface area contributed by atoms with E-state index in [4.69, 9.17) is 0 Å². The highest BCUT2D eigenvalue weighted by atomic mass is 15.2. The van der Waals surface area contributed by atoms with Gasteiger partial charge in [-0.25, -0.2) is 0 Å². The number of nitrogens with one attached hydrogen (secondary N) is 1. The monoisotopic (exact) mass is 826 g/mol. The molecule has 9 rings (SSSR count). The van der Waals surface area contributed by atoms with E-state index < -0.39 is 0 Å². The summed E-state index contributed by atoms with van der Waals surface area (Å²) in [5, 5.41) is 5.95. The van der Waals surface area contributed by atoms with Crippen LogP contribution in [0.5, 0.6) is 0 Å². The molecule has 0 aromatic heterocycles. The Morgan fingerprint density at radius 1 is 0.500 bits per heavy atom. The molecule has 4 heteroatoms. The predicted octanol–water partition coefficient (Wildman–Crippen LogP) is 16.4. The van der Waals surface area contributed by atoms with E-state index >= 15 is 0 Å². The number of rotatable bonds is 13. The average Bonchev–Trinajstić information content (AvgIpc) is 3.36. The molecule has 0 aliphatic heterocycles. The fourth-order valence-electron chi connectivity index (χ4n) is 8.20. The van der Waals surface area contributed by atoms with Crippen molar-refractivity contribution in [3.63, 3.8) is 0 Å². The van der Waals surface area contributed by atoms with Crippen LogP contribution in [0.15, 0.2) is 291 Å². The lowest BCUT2D eigenvalue weighted by Crippen LogP contribution is -2.21. The summed E-state index contributed by atoms with van der Waals surface area (Å²) in [5.74, 6) is 0.361. The van der Waals surface area contributed by atoms with Crippen LogP contribution in [0, 0.1) is 5.92 Å². The van der Waals surface area contributed by atoms with Crippen molar-refractivity contribution in [2.24, 2.45) is 5.92 Å². The molecule has 0 amide bonds. The second-order valence-corrected chi connectivity index (χ2v) is 15.6. The van der Waals surface area contributed by atoms with Gasteiger partial charge < -0.3 is 20.0 Å². The lowest BCUT2D eigenvalue weighted by molar-refractivity contribution is 0.732. The lowest BCUT2D eigenvalue weighted by atomic mass is 9.86. The number of fused-ring (bicyclic) bond motifs is 2. The molecule has 0 heterocycles. The van der Waals surface area contributed by atoms with Crippen LogP contribution in [0.2, 0.25) is 0 Å². The van der Waals surface area contributed by atoms with Gasteiger partial charge in [0.2, 0.25) is 0 Å². The molecule has 1 unspecified atom stereocenters. The summed E-state index contributed by atoms with van der Waals surface area (Å²) in [5.41, 5.74) is 12.0. The molecule has 0 bridgehead atoms. The molecule has 1 N–H and O–H groups in total. The van der Waals surface area contributed by atoms with Crippen molar-refractivity contribution in [1.29, 1.82) is 0 Å². The second kappa shape index (κ2) is 20.0. The summed E-state index contributed by atoms with van der Waals surface area (Å²) in [7, 11) is 0. The highest BCUT2D eigenvalue weighted by molar-refractivity contribution is 5.89. The van der Waals surface area contributed by atoms with E-state index in [1.54, 1.807) is 0 Å². The van der Waals surface area contributed by atoms with Gasteiger partial charge in [0.05, 0.1) is 0 Å². The number of para-hydroxylation sites is 2. The zero-order chi connectivity index (χ0) is 43.3. The first-order chi connectivity index (χ1) is 31.7. The van der Waals surface area contributed by atoms with Crippen LogP contribution in [0.25, 0.3) is 10.8 Å². The molecule has 0 spiro atoms. The zero-order valence-electron chi connectivity index (χ0n) is 35.7. The van der Waals surface area contributed by atoms with Crippen molar-refractivity contribution in [2.45, 2.75) is 6.42 Å². The summed E-state index contributed by atoms with van der Waals surface area (Å²) in [6.45, 7) is 4.12. The van der Waals surface area contributed by atoms with Crippen LogP contribution in [0.4, 0.5) is 45.5 Å². The molecular weight excluding hydrogens is 777 g/mol.